The fraction of sp³-hybridized carbons (Fsp3) is 0. The van der Waals surface area contributed by atoms with Crippen molar-refractivity contribution in [1.29, 1.82) is 16.3 Å². The third-order valence-electron chi connectivity index (χ3n) is 0. The highest BCUT2D eigenvalue weighted by Crippen LogP contribution is 1.24. The number of rotatable bonds is 0. The molecule has 0 aromatic rings. The molecule has 6 nitrogen and oxygen atoms in total. The zero-order chi connectivity index (χ0) is 4.71. The molecule has 6 heteroatoms. The molecule has 0 rings (SSSR count). The molecule has 34 valence electrons. The molecule has 0 aromatic carbocycles. The van der Waals surface area contributed by atoms with Crippen LogP contribution in [0.1, 0.15) is 0 Å². The smallest absolute Gasteiger partial charge is 0 e. The second kappa shape index (κ2) is 278. The van der Waals surface area contributed by atoms with Crippen molar-refractivity contribution in [2.75, 3.05) is 0 Å². The lowest BCUT2D eigenvalue weighted by Gasteiger charge is -1.03. The summed E-state index contributed by atoms with van der Waals surface area (Å²) in [7, 11) is 0. The molecule has 0 fully saturated rings. The Hall–Kier alpha value is -1.31. The van der Waals surface area contributed by atoms with Crippen LogP contribution in [0.15, 0.2) is 0 Å². The Morgan fingerprint density at radius 2 is 1.50 bits per heavy atom. The average molecular weight is 88.1 g/mol. The monoisotopic (exact) mass is 88.0 g/mol. The standard InChI is InChI=1S/HN3.N2.H3N/c1-3-2;1-2;/h1H;;1H3. The minimum absolute atomic E-state index is 0. The Morgan fingerprint density at radius 1 is 1.50 bits per heavy atom. The van der Waals surface area contributed by atoms with Crippen molar-refractivity contribution in [2.45, 2.75) is 0 Å². The predicted octanol–water partition coefficient (Wildman–Crippen LogP) is 1.07. The summed E-state index contributed by atoms with van der Waals surface area (Å²) in [4.78, 5) is 1.75. The largest absolute Gasteiger partial charge is 0.344 e. The van der Waals surface area contributed by atoms with Crippen LogP contribution in [0.3, 0.4) is 0 Å². The summed E-state index contributed by atoms with van der Waals surface area (Å²) in [5.74, 6) is 0. The molecular weight excluding hydrogens is 84.0 g/mol. The van der Waals surface area contributed by atoms with Gasteiger partial charge >= 0.3 is 0 Å². The van der Waals surface area contributed by atoms with E-state index >= 15 is 0 Å². The number of nitrogens with zero attached hydrogens (tertiary/aromatic N) is 4. The van der Waals surface area contributed by atoms with E-state index in [9.17, 15) is 0 Å². The van der Waals surface area contributed by atoms with Crippen molar-refractivity contribution in [1.82, 2.24) is 6.15 Å². The first-order valence-corrected chi connectivity index (χ1v) is 0.624. The van der Waals surface area contributed by atoms with Gasteiger partial charge in [0.25, 0.3) is 0 Å². The van der Waals surface area contributed by atoms with Crippen LogP contribution in [0.25, 0.3) is 10.4 Å². The van der Waals surface area contributed by atoms with E-state index < -0.39 is 0 Å². The predicted molar refractivity (Wildman–Crippen MR) is 17.9 cm³/mol. The van der Waals surface area contributed by atoms with Crippen molar-refractivity contribution in [3.8, 4) is 0 Å². The van der Waals surface area contributed by atoms with Crippen molar-refractivity contribution in [2.24, 2.45) is 0 Å². The molecule has 0 atom stereocenters. The molecule has 0 saturated carbocycles. The van der Waals surface area contributed by atoms with Crippen LogP contribution in [0.2, 0.25) is 0 Å². The van der Waals surface area contributed by atoms with Gasteiger partial charge in [-0.05, 0) is 10.4 Å². The number of hydrogen-bond donors (Lipinski definition) is 2. The molecule has 0 heterocycles. The number of hydrogen-bond acceptors (Lipinski definition) is 4. The summed E-state index contributed by atoms with van der Waals surface area (Å²) < 4.78 is 0. The zero-order valence-corrected chi connectivity index (χ0v) is 3.00. The summed E-state index contributed by atoms with van der Waals surface area (Å²) in [6.45, 7) is 0. The molecule has 0 unspecified atom stereocenters. The lowest BCUT2D eigenvalue weighted by atomic mass is 13.0. The van der Waals surface area contributed by atoms with E-state index in [2.05, 4.69) is 0 Å². The Bertz CT molecular complexity index is 42.3. The van der Waals surface area contributed by atoms with Crippen LogP contribution in [0.4, 0.5) is 0 Å². The van der Waals surface area contributed by atoms with Gasteiger partial charge in [-0.2, -0.15) is 0 Å². The summed E-state index contributed by atoms with van der Waals surface area (Å²) in [5.41, 5.74) is 12.2. The van der Waals surface area contributed by atoms with Crippen LogP contribution >= 0.6 is 0 Å². The van der Waals surface area contributed by atoms with E-state index in [1.54, 1.807) is 4.91 Å². The Balaban J connectivity index is -0.0000000275. The first-order chi connectivity index (χ1) is 2.41. The number of nitrogens with one attached hydrogen (secondary N) is 1. The lowest BCUT2D eigenvalue weighted by Crippen LogP contribution is -0.769. The molecule has 6 heavy (non-hydrogen) atoms. The van der Waals surface area contributed by atoms with E-state index in [1.807, 2.05) is 0 Å². The lowest BCUT2D eigenvalue weighted by molar-refractivity contribution is 1.15. The molecular formula is H4N6. The van der Waals surface area contributed by atoms with Gasteiger partial charge < -0.3 is 6.15 Å². The van der Waals surface area contributed by atoms with Crippen molar-refractivity contribution < 1.29 is 0 Å². The van der Waals surface area contributed by atoms with E-state index in [0.717, 1.165) is 0 Å². The van der Waals surface area contributed by atoms with E-state index in [4.69, 9.17) is 21.8 Å². The molecule has 0 aliphatic carbocycles. The van der Waals surface area contributed by atoms with Crippen LogP contribution in [0, 0.1) is 16.3 Å². The minimum atomic E-state index is 0. The van der Waals surface area contributed by atoms with Gasteiger partial charge in [-0.3, -0.25) is 0 Å². The molecule has 0 amide bonds. The van der Waals surface area contributed by atoms with E-state index in [-0.39, 0.29) is 6.15 Å². The topological polar surface area (TPSA) is 143 Å². The van der Waals surface area contributed by atoms with E-state index in [0.29, 0.717) is 0 Å². The fourth-order valence-electron chi connectivity index (χ4n) is 0. The summed E-state index contributed by atoms with van der Waals surface area (Å²) in [6, 6.07) is 0. The normalized spacial score (nSPS) is 1.67. The molecule has 0 aliphatic heterocycles. The Kier molecular flexibility index (Phi) is 1040. The van der Waals surface area contributed by atoms with Gasteiger partial charge in [-0.15, -0.1) is 5.53 Å². The molecule has 4 N–H and O–H groups in total. The Morgan fingerprint density at radius 3 is 1.50 bits per heavy atom. The maximum absolute atomic E-state index is 6.86. The summed E-state index contributed by atoms with van der Waals surface area (Å²) in [5, 5.41) is 12.0. The SMILES string of the molecule is N.N#N.[N-]=[N+]=N. The first kappa shape index (κ1) is 22.4. The third kappa shape index (κ3) is 4.48. The molecule has 0 aromatic heterocycles. The van der Waals surface area contributed by atoms with Gasteiger partial charge in [-0.1, -0.05) is 0 Å². The molecule has 0 bridgehead atoms. The molecule has 0 spiro atoms. The van der Waals surface area contributed by atoms with Crippen LogP contribution in [-0.4, -0.2) is 0 Å². The molecule has 0 radical (unpaired) electrons. The van der Waals surface area contributed by atoms with E-state index in [1.165, 1.54) is 0 Å². The molecule has 0 aliphatic rings. The Labute approximate surface area is 34.2 Å². The van der Waals surface area contributed by atoms with Crippen LogP contribution in [-0.2, 0) is 0 Å². The highest BCUT2D eigenvalue weighted by molar-refractivity contribution is 4.18. The second-order valence-corrected chi connectivity index (χ2v) is 0.100. The van der Waals surface area contributed by atoms with Gasteiger partial charge in [0.1, 0.15) is 0 Å². The van der Waals surface area contributed by atoms with Crippen LogP contribution < -0.4 is 6.15 Å². The van der Waals surface area contributed by atoms with Gasteiger partial charge in [0, 0.05) is 10.8 Å². The third-order valence-corrected chi connectivity index (χ3v) is 0. The van der Waals surface area contributed by atoms with Gasteiger partial charge in [0.15, 0.2) is 0 Å². The van der Waals surface area contributed by atoms with Gasteiger partial charge in [-0.25, -0.2) is 0 Å². The van der Waals surface area contributed by atoms with Gasteiger partial charge in [0.2, 0.25) is 0 Å². The maximum Gasteiger partial charge on any atom is 0 e. The maximum atomic E-state index is 6.86. The quantitative estimate of drug-likeness (QED) is 0.197. The minimum Gasteiger partial charge on any atom is -0.344 e. The van der Waals surface area contributed by atoms with Crippen molar-refractivity contribution >= 4 is 0 Å². The van der Waals surface area contributed by atoms with Crippen LogP contribution in [0.5, 0.6) is 0 Å². The average Bonchev–Trinajstić information content (AvgIpc) is 1.46. The first-order valence-electron chi connectivity index (χ1n) is 0.624. The highest BCUT2D eigenvalue weighted by atomic mass is 15.0. The summed E-state index contributed by atoms with van der Waals surface area (Å²) in [6.07, 6.45) is 0. The van der Waals surface area contributed by atoms with Crippen molar-refractivity contribution in [3.05, 3.63) is 10.4 Å². The second-order valence-electron chi connectivity index (χ2n) is 0.100. The zero-order valence-electron chi connectivity index (χ0n) is 3.00. The molecule has 0 saturated heterocycles. The fourth-order valence-corrected chi connectivity index (χ4v) is 0. The van der Waals surface area contributed by atoms with Crippen molar-refractivity contribution in [3.63, 3.8) is 0 Å². The summed E-state index contributed by atoms with van der Waals surface area (Å²) >= 11 is 0. The highest BCUT2D eigenvalue weighted by Gasteiger charge is 0.973. The van der Waals surface area contributed by atoms with Gasteiger partial charge in [0.05, 0.1) is 0 Å².